The maximum absolute atomic E-state index is 11.9. The molecule has 1 aromatic heterocycles. The van der Waals surface area contributed by atoms with E-state index in [1.54, 1.807) is 24.5 Å². The molecule has 0 unspecified atom stereocenters. The molecule has 1 aromatic carbocycles. The summed E-state index contributed by atoms with van der Waals surface area (Å²) < 4.78 is 0. The summed E-state index contributed by atoms with van der Waals surface area (Å²) in [6, 6.07) is 12.9. The van der Waals surface area contributed by atoms with Gasteiger partial charge in [0.1, 0.15) is 0 Å². The number of ketones is 1. The molecule has 0 spiro atoms. The molecule has 4 nitrogen and oxygen atoms in total. The van der Waals surface area contributed by atoms with Crippen LogP contribution in [-0.4, -0.2) is 16.7 Å². The van der Waals surface area contributed by atoms with E-state index in [4.69, 9.17) is 0 Å². The van der Waals surface area contributed by atoms with Crippen molar-refractivity contribution in [1.82, 2.24) is 10.3 Å². The Balaban J connectivity index is 1.66. The van der Waals surface area contributed by atoms with E-state index in [1.165, 1.54) is 0 Å². The third kappa shape index (κ3) is 5.18. The lowest BCUT2D eigenvalue weighted by Gasteiger charge is -2.05. The summed E-state index contributed by atoms with van der Waals surface area (Å²) in [5.41, 5.74) is 1.72. The van der Waals surface area contributed by atoms with Gasteiger partial charge in [0.2, 0.25) is 5.91 Å². The summed E-state index contributed by atoms with van der Waals surface area (Å²) in [5, 5.41) is 2.83. The Bertz CT molecular complexity index is 582. The monoisotopic (exact) mass is 282 g/mol. The predicted octanol–water partition coefficient (Wildman–Crippen LogP) is 2.75. The Morgan fingerprint density at radius 1 is 0.952 bits per heavy atom. The molecule has 0 aliphatic rings. The zero-order chi connectivity index (χ0) is 14.9. The lowest BCUT2D eigenvalue weighted by atomic mass is 10.1. The van der Waals surface area contributed by atoms with Gasteiger partial charge in [-0.15, -0.1) is 0 Å². The molecule has 21 heavy (non-hydrogen) atoms. The number of nitrogens with one attached hydrogen (secondary N) is 1. The average Bonchev–Trinajstić information content (AvgIpc) is 2.54. The second-order valence-corrected chi connectivity index (χ2v) is 4.77. The van der Waals surface area contributed by atoms with Crippen LogP contribution in [0, 0.1) is 0 Å². The van der Waals surface area contributed by atoms with Crippen molar-refractivity contribution < 1.29 is 9.59 Å². The van der Waals surface area contributed by atoms with Crippen LogP contribution >= 0.6 is 0 Å². The number of rotatable bonds is 7. The molecular formula is C17H18N2O2. The summed E-state index contributed by atoms with van der Waals surface area (Å²) >= 11 is 0. The van der Waals surface area contributed by atoms with Gasteiger partial charge < -0.3 is 5.32 Å². The number of carbonyl (C=O) groups excluding carboxylic acids is 2. The average molecular weight is 282 g/mol. The van der Waals surface area contributed by atoms with Gasteiger partial charge in [-0.25, -0.2) is 0 Å². The minimum absolute atomic E-state index is 0.0346. The van der Waals surface area contributed by atoms with Gasteiger partial charge in [-0.05, 0) is 24.1 Å². The first kappa shape index (κ1) is 14.9. The van der Waals surface area contributed by atoms with Crippen molar-refractivity contribution in [2.24, 2.45) is 0 Å². The minimum atomic E-state index is -0.0346. The van der Waals surface area contributed by atoms with Crippen LogP contribution in [0.25, 0.3) is 0 Å². The lowest BCUT2D eigenvalue weighted by Crippen LogP contribution is -2.22. The molecule has 108 valence electrons. The first-order chi connectivity index (χ1) is 10.3. The molecule has 0 saturated heterocycles. The first-order valence-electron chi connectivity index (χ1n) is 6.99. The molecule has 1 heterocycles. The first-order valence-corrected chi connectivity index (χ1v) is 6.99. The molecule has 0 aliphatic carbocycles. The lowest BCUT2D eigenvalue weighted by molar-refractivity contribution is -0.121. The smallest absolute Gasteiger partial charge is 0.220 e. The molecule has 0 bridgehead atoms. The number of carbonyl (C=O) groups is 2. The van der Waals surface area contributed by atoms with Crippen LogP contribution in [0.1, 0.15) is 35.2 Å². The molecular weight excluding hydrogens is 264 g/mol. The number of benzene rings is 1. The highest BCUT2D eigenvalue weighted by atomic mass is 16.1. The van der Waals surface area contributed by atoms with E-state index >= 15 is 0 Å². The quantitative estimate of drug-likeness (QED) is 0.794. The van der Waals surface area contributed by atoms with Crippen molar-refractivity contribution >= 4 is 11.7 Å². The molecule has 4 heteroatoms. The SMILES string of the molecule is O=C(CCCC(=O)c1ccccc1)NCc1ccncc1. The molecule has 0 aliphatic heterocycles. The maximum atomic E-state index is 11.9. The van der Waals surface area contributed by atoms with Crippen molar-refractivity contribution in [1.29, 1.82) is 0 Å². The van der Waals surface area contributed by atoms with E-state index in [9.17, 15) is 9.59 Å². The van der Waals surface area contributed by atoms with Crippen LogP contribution < -0.4 is 5.32 Å². The summed E-state index contributed by atoms with van der Waals surface area (Å²) in [7, 11) is 0. The van der Waals surface area contributed by atoms with Crippen molar-refractivity contribution in [2.75, 3.05) is 0 Å². The zero-order valence-corrected chi connectivity index (χ0v) is 11.8. The molecule has 1 N–H and O–H groups in total. The molecule has 2 rings (SSSR count). The summed E-state index contributed by atoms with van der Waals surface area (Å²) in [5.74, 6) is 0.0465. The number of hydrogen-bond donors (Lipinski definition) is 1. The highest BCUT2D eigenvalue weighted by Gasteiger charge is 2.07. The standard InChI is InChI=1S/C17H18N2O2/c20-16(15-5-2-1-3-6-15)7-4-8-17(21)19-13-14-9-11-18-12-10-14/h1-3,5-6,9-12H,4,7-8,13H2,(H,19,21). The van der Waals surface area contributed by atoms with Gasteiger partial charge in [-0.3, -0.25) is 14.6 Å². The summed E-state index contributed by atoms with van der Waals surface area (Å²) in [6.45, 7) is 0.494. The Hall–Kier alpha value is -2.49. The number of amides is 1. The van der Waals surface area contributed by atoms with Crippen LogP contribution in [0.4, 0.5) is 0 Å². The van der Waals surface area contributed by atoms with E-state index in [2.05, 4.69) is 10.3 Å². The molecule has 1 amide bonds. The van der Waals surface area contributed by atoms with Gasteiger partial charge in [0.15, 0.2) is 5.78 Å². The van der Waals surface area contributed by atoms with E-state index in [0.29, 0.717) is 31.4 Å². The fraction of sp³-hybridized carbons (Fsp3) is 0.235. The van der Waals surface area contributed by atoms with Crippen LogP contribution in [0.2, 0.25) is 0 Å². The van der Waals surface area contributed by atoms with Crippen LogP contribution in [0.3, 0.4) is 0 Å². The number of hydrogen-bond acceptors (Lipinski definition) is 3. The number of nitrogens with zero attached hydrogens (tertiary/aromatic N) is 1. The Morgan fingerprint density at radius 3 is 2.38 bits per heavy atom. The number of pyridine rings is 1. The zero-order valence-electron chi connectivity index (χ0n) is 11.8. The third-order valence-corrected chi connectivity index (χ3v) is 3.14. The van der Waals surface area contributed by atoms with Crippen molar-refractivity contribution in [3.05, 3.63) is 66.0 Å². The van der Waals surface area contributed by atoms with Gasteiger partial charge in [-0.1, -0.05) is 30.3 Å². The van der Waals surface area contributed by atoms with E-state index < -0.39 is 0 Å². The fourth-order valence-electron chi connectivity index (χ4n) is 1.97. The largest absolute Gasteiger partial charge is 0.352 e. The Morgan fingerprint density at radius 2 is 1.67 bits per heavy atom. The normalized spacial score (nSPS) is 10.1. The van der Waals surface area contributed by atoms with Gasteiger partial charge in [0.05, 0.1) is 0 Å². The molecule has 2 aromatic rings. The van der Waals surface area contributed by atoms with Crippen molar-refractivity contribution in [3.63, 3.8) is 0 Å². The number of Topliss-reactive ketones (excluding diaryl/α,β-unsaturated/α-hetero) is 1. The molecule has 0 saturated carbocycles. The number of aromatic nitrogens is 1. The highest BCUT2D eigenvalue weighted by molar-refractivity contribution is 5.96. The highest BCUT2D eigenvalue weighted by Crippen LogP contribution is 2.06. The Labute approximate surface area is 124 Å². The molecule has 0 fully saturated rings. The van der Waals surface area contributed by atoms with Gasteiger partial charge in [0, 0.05) is 37.3 Å². The Kier molecular flexibility index (Phi) is 5.64. The third-order valence-electron chi connectivity index (χ3n) is 3.14. The van der Waals surface area contributed by atoms with E-state index in [-0.39, 0.29) is 11.7 Å². The van der Waals surface area contributed by atoms with Crippen molar-refractivity contribution in [2.45, 2.75) is 25.8 Å². The second kappa shape index (κ2) is 7.94. The molecule has 0 radical (unpaired) electrons. The van der Waals surface area contributed by atoms with E-state index in [1.807, 2.05) is 30.3 Å². The predicted molar refractivity (Wildman–Crippen MR) is 80.7 cm³/mol. The van der Waals surface area contributed by atoms with Crippen LogP contribution in [0.15, 0.2) is 54.9 Å². The fourth-order valence-corrected chi connectivity index (χ4v) is 1.97. The molecule has 0 atom stereocenters. The second-order valence-electron chi connectivity index (χ2n) is 4.77. The summed E-state index contributed by atoms with van der Waals surface area (Å²) in [6.07, 6.45) is 4.71. The van der Waals surface area contributed by atoms with Gasteiger partial charge >= 0.3 is 0 Å². The minimum Gasteiger partial charge on any atom is -0.352 e. The van der Waals surface area contributed by atoms with Gasteiger partial charge in [0.25, 0.3) is 0 Å². The summed E-state index contributed by atoms with van der Waals surface area (Å²) in [4.78, 5) is 27.5. The van der Waals surface area contributed by atoms with Crippen molar-refractivity contribution in [3.8, 4) is 0 Å². The van der Waals surface area contributed by atoms with Crippen LogP contribution in [-0.2, 0) is 11.3 Å². The van der Waals surface area contributed by atoms with Crippen LogP contribution in [0.5, 0.6) is 0 Å². The van der Waals surface area contributed by atoms with E-state index in [0.717, 1.165) is 5.56 Å². The maximum Gasteiger partial charge on any atom is 0.220 e. The van der Waals surface area contributed by atoms with Gasteiger partial charge in [-0.2, -0.15) is 0 Å². The topological polar surface area (TPSA) is 59.1 Å².